The first-order chi connectivity index (χ1) is 19.6. The Kier molecular flexibility index (Phi) is 7.50. The summed E-state index contributed by atoms with van der Waals surface area (Å²) in [5.74, 6) is 0.285. The number of piperazine rings is 1. The van der Waals surface area contributed by atoms with Crippen molar-refractivity contribution in [1.29, 1.82) is 5.26 Å². The van der Waals surface area contributed by atoms with E-state index in [0.717, 1.165) is 48.7 Å². The van der Waals surface area contributed by atoms with Crippen molar-refractivity contribution in [1.82, 2.24) is 20.2 Å². The lowest BCUT2D eigenvalue weighted by molar-refractivity contribution is 0.188. The Hall–Kier alpha value is -3.80. The van der Waals surface area contributed by atoms with E-state index in [1.165, 1.54) is 5.56 Å². The van der Waals surface area contributed by atoms with Gasteiger partial charge in [0.05, 0.1) is 12.5 Å². The first-order valence-corrected chi connectivity index (χ1v) is 14.3. The number of fused-ring (bicyclic) bond motifs is 2. The highest BCUT2D eigenvalue weighted by Crippen LogP contribution is 2.38. The Morgan fingerprint density at radius 3 is 2.73 bits per heavy atom. The number of nitrogens with zero attached hydrogens (tertiary/aromatic N) is 5. The van der Waals surface area contributed by atoms with Crippen LogP contribution < -0.4 is 15.0 Å². The van der Waals surface area contributed by atoms with Gasteiger partial charge in [-0.25, -0.2) is 4.39 Å². The molecule has 1 N–H and O–H groups in total. The second-order valence-electron chi connectivity index (χ2n) is 10.9. The summed E-state index contributed by atoms with van der Waals surface area (Å²) < 4.78 is 22.8. The summed E-state index contributed by atoms with van der Waals surface area (Å²) in [6.45, 7) is 5.66. The highest BCUT2D eigenvalue weighted by atomic mass is 19.1. The predicted octanol–water partition coefficient (Wildman–Crippen LogP) is 5.32. The fourth-order valence-corrected chi connectivity index (χ4v) is 6.20. The monoisotopic (exact) mass is 538 g/mol. The van der Waals surface area contributed by atoms with Crippen LogP contribution in [-0.2, 0) is 6.42 Å². The third-order valence-electron chi connectivity index (χ3n) is 8.40. The summed E-state index contributed by atoms with van der Waals surface area (Å²) >= 11 is 0. The highest BCUT2D eigenvalue weighted by Gasteiger charge is 2.26. The molecule has 3 heterocycles. The fourth-order valence-electron chi connectivity index (χ4n) is 6.20. The SMILES string of the molecule is CCc1cccc2cccc(-c3ccc4c(N5CCNC(CC#N)C5)nc(OCC5CCCN5C)nc4c3F)c12. The summed E-state index contributed by atoms with van der Waals surface area (Å²) in [7, 11) is 2.10. The van der Waals surface area contributed by atoms with Gasteiger partial charge in [-0.05, 0) is 60.8 Å². The van der Waals surface area contributed by atoms with Gasteiger partial charge in [-0.1, -0.05) is 49.4 Å². The maximum Gasteiger partial charge on any atom is 0.319 e. The molecule has 2 saturated heterocycles. The minimum Gasteiger partial charge on any atom is -0.462 e. The minimum absolute atomic E-state index is 0.0209. The smallest absolute Gasteiger partial charge is 0.319 e. The first-order valence-electron chi connectivity index (χ1n) is 14.3. The van der Waals surface area contributed by atoms with Gasteiger partial charge in [0.1, 0.15) is 17.9 Å². The van der Waals surface area contributed by atoms with E-state index in [4.69, 9.17) is 9.72 Å². The molecule has 6 rings (SSSR count). The average molecular weight is 539 g/mol. The van der Waals surface area contributed by atoms with Gasteiger partial charge in [-0.2, -0.15) is 15.2 Å². The summed E-state index contributed by atoms with van der Waals surface area (Å²) in [4.78, 5) is 13.9. The van der Waals surface area contributed by atoms with Crippen LogP contribution in [-0.4, -0.2) is 66.8 Å². The molecule has 2 unspecified atom stereocenters. The van der Waals surface area contributed by atoms with E-state index in [0.29, 0.717) is 48.9 Å². The number of hydrogen-bond donors (Lipinski definition) is 1. The molecule has 4 aromatic rings. The summed E-state index contributed by atoms with van der Waals surface area (Å²) in [6, 6.07) is 18.8. The van der Waals surface area contributed by atoms with Crippen molar-refractivity contribution in [3.63, 3.8) is 0 Å². The van der Waals surface area contributed by atoms with Crippen LogP contribution >= 0.6 is 0 Å². The zero-order valence-corrected chi connectivity index (χ0v) is 23.2. The number of likely N-dealkylation sites (N-methyl/N-ethyl adjacent to an activating group) is 1. The molecule has 3 aromatic carbocycles. The van der Waals surface area contributed by atoms with Crippen molar-refractivity contribution in [3.05, 3.63) is 59.9 Å². The van der Waals surface area contributed by atoms with Gasteiger partial charge < -0.3 is 19.9 Å². The molecule has 2 aliphatic heterocycles. The Labute approximate surface area is 234 Å². The zero-order chi connectivity index (χ0) is 27.6. The van der Waals surface area contributed by atoms with E-state index < -0.39 is 0 Å². The number of likely N-dealkylation sites (tertiary alicyclic amines) is 1. The topological polar surface area (TPSA) is 77.3 Å². The molecule has 0 radical (unpaired) electrons. The number of halogens is 1. The van der Waals surface area contributed by atoms with Gasteiger partial charge in [-0.3, -0.25) is 0 Å². The van der Waals surface area contributed by atoms with Gasteiger partial charge >= 0.3 is 6.01 Å². The first kappa shape index (κ1) is 26.4. The van der Waals surface area contributed by atoms with Crippen LogP contribution in [0.3, 0.4) is 0 Å². The molecule has 7 nitrogen and oxygen atoms in total. The largest absolute Gasteiger partial charge is 0.462 e. The standard InChI is InChI=1S/C32H35FN6O/c1-3-21-7-4-8-22-9-5-11-25(28(21)22)26-12-13-27-30(29(26)33)36-32(40-20-24-10-6-17-38(24)2)37-31(27)39-18-16-35-23(19-39)14-15-34/h4-5,7-9,11-13,23-24,35H,3,6,10,14,16-20H2,1-2H3. The lowest BCUT2D eigenvalue weighted by atomic mass is 9.93. The molecule has 8 heteroatoms. The third kappa shape index (κ3) is 4.96. The number of aromatic nitrogens is 2. The van der Waals surface area contributed by atoms with E-state index in [-0.39, 0.29) is 23.4 Å². The van der Waals surface area contributed by atoms with Crippen molar-refractivity contribution in [2.75, 3.05) is 44.7 Å². The number of aryl methyl sites for hydroxylation is 1. The van der Waals surface area contributed by atoms with Gasteiger partial charge in [0.15, 0.2) is 5.82 Å². The number of nitrogens with one attached hydrogen (secondary N) is 1. The van der Waals surface area contributed by atoms with Gasteiger partial charge in [-0.15, -0.1) is 0 Å². The third-order valence-corrected chi connectivity index (χ3v) is 8.40. The predicted molar refractivity (Wildman–Crippen MR) is 157 cm³/mol. The zero-order valence-electron chi connectivity index (χ0n) is 23.2. The molecule has 0 saturated carbocycles. The summed E-state index contributed by atoms with van der Waals surface area (Å²) in [6.07, 6.45) is 3.45. The second-order valence-corrected chi connectivity index (χ2v) is 10.9. The van der Waals surface area contributed by atoms with E-state index in [1.807, 2.05) is 24.3 Å². The number of hydrogen-bond acceptors (Lipinski definition) is 7. The Bertz CT molecular complexity index is 1580. The van der Waals surface area contributed by atoms with Crippen molar-refractivity contribution in [3.8, 4) is 23.2 Å². The van der Waals surface area contributed by atoms with Crippen LogP contribution in [0, 0.1) is 17.1 Å². The molecule has 2 atom stereocenters. The number of rotatable bonds is 7. The van der Waals surface area contributed by atoms with Crippen molar-refractivity contribution < 1.29 is 9.13 Å². The van der Waals surface area contributed by atoms with Crippen LogP contribution in [0.1, 0.15) is 31.7 Å². The van der Waals surface area contributed by atoms with Crippen LogP contribution in [0.2, 0.25) is 0 Å². The van der Waals surface area contributed by atoms with Crippen molar-refractivity contribution in [2.45, 2.75) is 44.7 Å². The molecule has 0 bridgehead atoms. The molecule has 0 amide bonds. The maximum absolute atomic E-state index is 16.6. The minimum atomic E-state index is -0.369. The van der Waals surface area contributed by atoms with Gasteiger partial charge in [0.2, 0.25) is 0 Å². The Morgan fingerprint density at radius 1 is 1.10 bits per heavy atom. The lowest BCUT2D eigenvalue weighted by Gasteiger charge is -2.34. The van der Waals surface area contributed by atoms with Crippen LogP contribution in [0.5, 0.6) is 6.01 Å². The van der Waals surface area contributed by atoms with Crippen LogP contribution in [0.4, 0.5) is 10.2 Å². The van der Waals surface area contributed by atoms with Crippen LogP contribution in [0.25, 0.3) is 32.8 Å². The number of benzene rings is 3. The van der Waals surface area contributed by atoms with Crippen molar-refractivity contribution in [2.24, 2.45) is 0 Å². The molecular weight excluding hydrogens is 503 g/mol. The highest BCUT2D eigenvalue weighted by molar-refractivity contribution is 6.02. The van der Waals surface area contributed by atoms with E-state index >= 15 is 4.39 Å². The fraction of sp³-hybridized carbons (Fsp3) is 0.406. The second kappa shape index (κ2) is 11.4. The van der Waals surface area contributed by atoms with E-state index in [1.54, 1.807) is 0 Å². The molecular formula is C32H35FN6O. The number of ether oxygens (including phenoxy) is 1. The maximum atomic E-state index is 16.6. The van der Waals surface area contributed by atoms with Crippen LogP contribution in [0.15, 0.2) is 48.5 Å². The summed E-state index contributed by atoms with van der Waals surface area (Å²) in [5.41, 5.74) is 2.83. The Balaban J connectivity index is 1.48. The molecule has 40 heavy (non-hydrogen) atoms. The number of anilines is 1. The normalized spacial score (nSPS) is 19.8. The molecule has 2 fully saturated rings. The van der Waals surface area contributed by atoms with Gasteiger partial charge in [0.25, 0.3) is 0 Å². The summed E-state index contributed by atoms with van der Waals surface area (Å²) in [5, 5.41) is 15.5. The lowest BCUT2D eigenvalue weighted by Crippen LogP contribution is -2.51. The number of nitriles is 1. The molecule has 0 aliphatic carbocycles. The average Bonchev–Trinajstić information content (AvgIpc) is 3.40. The van der Waals surface area contributed by atoms with E-state index in [9.17, 15) is 5.26 Å². The molecule has 2 aliphatic rings. The van der Waals surface area contributed by atoms with Crippen molar-refractivity contribution >= 4 is 27.5 Å². The van der Waals surface area contributed by atoms with Gasteiger partial charge in [0, 0.05) is 42.7 Å². The quantitative estimate of drug-likeness (QED) is 0.341. The molecule has 206 valence electrons. The molecule has 0 spiro atoms. The Morgan fingerprint density at radius 2 is 1.95 bits per heavy atom. The van der Waals surface area contributed by atoms with E-state index in [2.05, 4.69) is 64.4 Å². The molecule has 1 aromatic heterocycles.